The van der Waals surface area contributed by atoms with Crippen molar-refractivity contribution in [1.82, 2.24) is 16.0 Å². The number of ether oxygens (including phenoxy) is 1. The molecule has 5 nitrogen and oxygen atoms in total. The zero-order valence-electron chi connectivity index (χ0n) is 23.1. The van der Waals surface area contributed by atoms with Gasteiger partial charge in [0.25, 0.3) is 0 Å². The maximum absolute atomic E-state index is 14.8. The number of rotatable bonds is 9. The summed E-state index contributed by atoms with van der Waals surface area (Å²) in [7, 11) is 0. The van der Waals surface area contributed by atoms with Crippen molar-refractivity contribution in [2.75, 3.05) is 38.2 Å². The van der Waals surface area contributed by atoms with Crippen LogP contribution in [0.4, 0.5) is 4.39 Å². The van der Waals surface area contributed by atoms with Crippen LogP contribution in [0.5, 0.6) is 5.75 Å². The van der Waals surface area contributed by atoms with Crippen molar-refractivity contribution in [3.8, 4) is 5.75 Å². The quantitative estimate of drug-likeness (QED) is 0.364. The second-order valence-electron chi connectivity index (χ2n) is 10.9. The van der Waals surface area contributed by atoms with Crippen LogP contribution in [0.2, 0.25) is 0 Å². The molecule has 2 heterocycles. The number of aryl methyl sites for hydroxylation is 1. The second kappa shape index (κ2) is 14.7. The highest BCUT2D eigenvalue weighted by molar-refractivity contribution is 7.98. The molecule has 2 aliphatic heterocycles. The Kier molecular flexibility index (Phi) is 11.3. The smallest absolute Gasteiger partial charge is 0.165 e. The monoisotopic (exact) mass is 543 g/mol. The third kappa shape index (κ3) is 8.43. The topological polar surface area (TPSA) is 65.5 Å². The SMILES string of the molecule is CCc1cccc(C2(NCC(O)C3Cc4ccc(c(F)c4)OCCCCCNC(CCSC)CN3)CC2)c1. The lowest BCUT2D eigenvalue weighted by molar-refractivity contribution is 0.118. The molecule has 1 aliphatic carbocycles. The average Bonchev–Trinajstić information content (AvgIpc) is 3.73. The summed E-state index contributed by atoms with van der Waals surface area (Å²) in [5.74, 6) is 1.08. The standard InChI is InChI=1S/C31H46FN3O2S/c1-3-23-8-7-9-25(18-23)31(13-14-31)35-22-29(36)28-20-24-10-11-30(27(32)19-24)37-16-6-4-5-15-33-26(21-34-28)12-17-38-2/h7-11,18-19,26,28-29,33-36H,3-6,12-17,20-22H2,1-2H3. The molecule has 0 amide bonds. The Morgan fingerprint density at radius 1 is 1.16 bits per heavy atom. The van der Waals surface area contributed by atoms with Gasteiger partial charge in [0, 0.05) is 30.7 Å². The molecule has 210 valence electrons. The van der Waals surface area contributed by atoms with Crippen molar-refractivity contribution in [3.05, 3.63) is 65.0 Å². The molecule has 0 aromatic heterocycles. The number of halogens is 1. The van der Waals surface area contributed by atoms with Crippen LogP contribution < -0.4 is 20.7 Å². The third-order valence-corrected chi connectivity index (χ3v) is 8.66. The van der Waals surface area contributed by atoms with Crippen LogP contribution in [-0.4, -0.2) is 61.5 Å². The van der Waals surface area contributed by atoms with Gasteiger partial charge in [0.2, 0.25) is 0 Å². The number of benzene rings is 2. The van der Waals surface area contributed by atoms with Gasteiger partial charge in [-0.2, -0.15) is 11.8 Å². The van der Waals surface area contributed by atoms with Crippen LogP contribution in [0.3, 0.4) is 0 Å². The molecule has 2 bridgehead atoms. The highest BCUT2D eigenvalue weighted by Gasteiger charge is 2.44. The molecule has 1 saturated carbocycles. The van der Waals surface area contributed by atoms with E-state index >= 15 is 0 Å². The van der Waals surface area contributed by atoms with Gasteiger partial charge in [0.15, 0.2) is 11.6 Å². The Morgan fingerprint density at radius 2 is 2.03 bits per heavy atom. The molecular formula is C31H46FN3O2S. The largest absolute Gasteiger partial charge is 0.491 e. The summed E-state index contributed by atoms with van der Waals surface area (Å²) in [4.78, 5) is 0. The van der Waals surface area contributed by atoms with Crippen LogP contribution >= 0.6 is 11.8 Å². The summed E-state index contributed by atoms with van der Waals surface area (Å²) in [6, 6.07) is 14.2. The van der Waals surface area contributed by atoms with Crippen molar-refractivity contribution in [2.24, 2.45) is 0 Å². The van der Waals surface area contributed by atoms with Gasteiger partial charge in [-0.15, -0.1) is 0 Å². The number of hydrogen-bond acceptors (Lipinski definition) is 6. The number of hydrogen-bond donors (Lipinski definition) is 4. The van der Waals surface area contributed by atoms with E-state index in [4.69, 9.17) is 4.74 Å². The van der Waals surface area contributed by atoms with E-state index in [0.29, 0.717) is 31.4 Å². The van der Waals surface area contributed by atoms with Gasteiger partial charge in [-0.25, -0.2) is 4.39 Å². The minimum absolute atomic E-state index is 0.0436. The molecule has 0 saturated heterocycles. The fraction of sp³-hybridized carbons (Fsp3) is 0.613. The second-order valence-corrected chi connectivity index (χ2v) is 11.9. The molecule has 4 N–H and O–H groups in total. The van der Waals surface area contributed by atoms with Crippen LogP contribution in [-0.2, 0) is 18.4 Å². The van der Waals surface area contributed by atoms with E-state index in [2.05, 4.69) is 53.4 Å². The molecular weight excluding hydrogens is 497 g/mol. The van der Waals surface area contributed by atoms with Gasteiger partial charge in [0.1, 0.15) is 0 Å². The molecule has 0 radical (unpaired) electrons. The van der Waals surface area contributed by atoms with Crippen molar-refractivity contribution in [1.29, 1.82) is 0 Å². The first kappa shape index (κ1) is 29.3. The fourth-order valence-electron chi connectivity index (χ4n) is 5.33. The summed E-state index contributed by atoms with van der Waals surface area (Å²) in [5, 5.41) is 22.5. The number of aliphatic hydroxyl groups excluding tert-OH is 1. The number of thioether (sulfide) groups is 1. The van der Waals surface area contributed by atoms with Gasteiger partial charge in [-0.3, -0.25) is 0 Å². The molecule has 2 aromatic rings. The van der Waals surface area contributed by atoms with E-state index in [1.807, 2.05) is 17.8 Å². The fourth-order valence-corrected chi connectivity index (χ4v) is 5.85. The van der Waals surface area contributed by atoms with Crippen molar-refractivity contribution in [3.63, 3.8) is 0 Å². The Balaban J connectivity index is 1.47. The molecule has 0 spiro atoms. The van der Waals surface area contributed by atoms with Gasteiger partial charge >= 0.3 is 0 Å². The van der Waals surface area contributed by atoms with Gasteiger partial charge in [0.05, 0.1) is 12.7 Å². The zero-order valence-corrected chi connectivity index (χ0v) is 23.9. The van der Waals surface area contributed by atoms with Crippen molar-refractivity contribution >= 4 is 11.8 Å². The van der Waals surface area contributed by atoms with Crippen LogP contribution in [0.1, 0.15) is 62.1 Å². The molecule has 3 atom stereocenters. The summed E-state index contributed by atoms with van der Waals surface area (Å²) >= 11 is 1.86. The maximum Gasteiger partial charge on any atom is 0.165 e. The normalized spacial score (nSPS) is 23.1. The van der Waals surface area contributed by atoms with Gasteiger partial charge in [-0.1, -0.05) is 37.3 Å². The molecule has 1 fully saturated rings. The predicted octanol–water partition coefficient (Wildman–Crippen LogP) is 4.80. The highest BCUT2D eigenvalue weighted by Crippen LogP contribution is 2.45. The first-order valence-electron chi connectivity index (χ1n) is 14.4. The first-order chi connectivity index (χ1) is 18.5. The lowest BCUT2D eigenvalue weighted by atomic mass is 9.98. The Bertz CT molecular complexity index is 1000. The minimum Gasteiger partial charge on any atom is -0.491 e. The van der Waals surface area contributed by atoms with E-state index < -0.39 is 6.10 Å². The van der Waals surface area contributed by atoms with Crippen molar-refractivity contribution in [2.45, 2.75) is 82.0 Å². The summed E-state index contributed by atoms with van der Waals surface area (Å²) in [5.41, 5.74) is 3.48. The molecule has 3 aliphatic rings. The minimum atomic E-state index is -0.610. The van der Waals surface area contributed by atoms with Crippen LogP contribution in [0.15, 0.2) is 42.5 Å². The van der Waals surface area contributed by atoms with E-state index in [1.54, 1.807) is 12.1 Å². The number of aliphatic hydroxyl groups is 1. The zero-order chi connectivity index (χ0) is 26.8. The average molecular weight is 544 g/mol. The van der Waals surface area contributed by atoms with Gasteiger partial charge < -0.3 is 25.8 Å². The molecule has 3 unspecified atom stereocenters. The molecule has 38 heavy (non-hydrogen) atoms. The molecule has 7 heteroatoms. The molecule has 5 rings (SSSR count). The van der Waals surface area contributed by atoms with E-state index in [1.165, 1.54) is 11.1 Å². The summed E-state index contributed by atoms with van der Waals surface area (Å²) in [6.45, 7) is 4.93. The van der Waals surface area contributed by atoms with E-state index in [-0.39, 0.29) is 17.4 Å². The summed E-state index contributed by atoms with van der Waals surface area (Å²) < 4.78 is 20.5. The third-order valence-electron chi connectivity index (χ3n) is 8.01. The van der Waals surface area contributed by atoms with Gasteiger partial charge in [-0.05, 0) is 98.7 Å². The van der Waals surface area contributed by atoms with E-state index in [9.17, 15) is 9.50 Å². The lowest BCUT2D eigenvalue weighted by Crippen LogP contribution is -2.51. The van der Waals surface area contributed by atoms with Crippen LogP contribution in [0, 0.1) is 5.82 Å². The van der Waals surface area contributed by atoms with Crippen molar-refractivity contribution < 1.29 is 14.2 Å². The van der Waals surface area contributed by atoms with Crippen LogP contribution in [0.25, 0.3) is 0 Å². The maximum atomic E-state index is 14.8. The van der Waals surface area contributed by atoms with E-state index in [0.717, 1.165) is 69.4 Å². The molecule has 2 aromatic carbocycles. The number of nitrogens with one attached hydrogen (secondary N) is 3. The Hall–Kier alpha value is -1.64. The summed E-state index contributed by atoms with van der Waals surface area (Å²) in [6.07, 6.45) is 9.36. The highest BCUT2D eigenvalue weighted by atomic mass is 32.2. The Morgan fingerprint density at radius 3 is 2.79 bits per heavy atom. The number of fused-ring (bicyclic) bond motifs is 13. The predicted molar refractivity (Wildman–Crippen MR) is 157 cm³/mol. The Labute approximate surface area is 232 Å². The first-order valence-corrected chi connectivity index (χ1v) is 15.8. The lowest BCUT2D eigenvalue weighted by Gasteiger charge is -2.29.